The largest absolute Gasteiger partial charge is 0.417 e. The molecule has 0 bridgehead atoms. The first kappa shape index (κ1) is 17.7. The van der Waals surface area contributed by atoms with E-state index in [1.54, 1.807) is 18.2 Å². The summed E-state index contributed by atoms with van der Waals surface area (Å²) in [5.41, 5.74) is 1.12. The van der Waals surface area contributed by atoms with E-state index in [9.17, 15) is 18.0 Å². The second kappa shape index (κ2) is 6.45. The van der Waals surface area contributed by atoms with E-state index in [0.717, 1.165) is 0 Å². The molecule has 0 unspecified atom stereocenters. The Morgan fingerprint density at radius 2 is 2.07 bits per heavy atom. The molecule has 0 saturated carbocycles. The maximum Gasteiger partial charge on any atom is 0.417 e. The van der Waals surface area contributed by atoms with Gasteiger partial charge in [-0.3, -0.25) is 14.7 Å². The SMILES string of the molecule is CC1=C(C(F)(F)F)c2cc(-c3cccc(N4CCOCC4=O)n3)cnc2C1. The Labute approximate surface area is 153 Å². The van der Waals surface area contributed by atoms with Crippen molar-refractivity contribution >= 4 is 17.3 Å². The Hall–Kier alpha value is -2.74. The lowest BCUT2D eigenvalue weighted by molar-refractivity contribution is -0.125. The minimum absolute atomic E-state index is 0.00861. The molecule has 8 heteroatoms. The molecule has 1 aliphatic carbocycles. The Morgan fingerprint density at radius 3 is 2.81 bits per heavy atom. The van der Waals surface area contributed by atoms with Crippen molar-refractivity contribution in [3.05, 3.63) is 47.3 Å². The molecule has 1 fully saturated rings. The Balaban J connectivity index is 1.73. The summed E-state index contributed by atoms with van der Waals surface area (Å²) < 4.78 is 45.4. The van der Waals surface area contributed by atoms with Gasteiger partial charge in [0, 0.05) is 23.7 Å². The second-order valence-corrected chi connectivity index (χ2v) is 6.53. The van der Waals surface area contributed by atoms with E-state index in [0.29, 0.717) is 35.9 Å². The van der Waals surface area contributed by atoms with Crippen molar-refractivity contribution in [1.29, 1.82) is 0 Å². The highest BCUT2D eigenvalue weighted by Gasteiger charge is 2.40. The van der Waals surface area contributed by atoms with Gasteiger partial charge in [0.1, 0.15) is 12.4 Å². The highest BCUT2D eigenvalue weighted by molar-refractivity contribution is 5.94. The van der Waals surface area contributed by atoms with E-state index in [1.807, 2.05) is 0 Å². The highest BCUT2D eigenvalue weighted by atomic mass is 19.4. The zero-order chi connectivity index (χ0) is 19.2. The first-order valence-corrected chi connectivity index (χ1v) is 8.46. The molecular weight excluding hydrogens is 359 g/mol. The van der Waals surface area contributed by atoms with E-state index in [2.05, 4.69) is 9.97 Å². The molecule has 140 valence electrons. The number of fused-ring (bicyclic) bond motifs is 1. The lowest BCUT2D eigenvalue weighted by atomic mass is 10.0. The molecule has 0 spiro atoms. The number of pyridine rings is 2. The fourth-order valence-corrected chi connectivity index (χ4v) is 3.45. The molecule has 0 atom stereocenters. The van der Waals surface area contributed by atoms with Gasteiger partial charge in [-0.15, -0.1) is 0 Å². The van der Waals surface area contributed by atoms with Gasteiger partial charge in [-0.25, -0.2) is 4.98 Å². The molecule has 27 heavy (non-hydrogen) atoms. The van der Waals surface area contributed by atoms with Gasteiger partial charge in [0.15, 0.2) is 0 Å². The van der Waals surface area contributed by atoms with E-state index in [4.69, 9.17) is 4.74 Å². The average Bonchev–Trinajstić information content (AvgIpc) is 2.97. The summed E-state index contributed by atoms with van der Waals surface area (Å²) in [6.07, 6.45) is -2.70. The number of aromatic nitrogens is 2. The number of halogens is 3. The summed E-state index contributed by atoms with van der Waals surface area (Å²) >= 11 is 0. The zero-order valence-electron chi connectivity index (χ0n) is 14.5. The molecule has 2 aromatic heterocycles. The number of morpholine rings is 1. The monoisotopic (exact) mass is 375 g/mol. The van der Waals surface area contributed by atoms with Gasteiger partial charge >= 0.3 is 6.18 Å². The summed E-state index contributed by atoms with van der Waals surface area (Å²) in [4.78, 5) is 22.2. The smallest absolute Gasteiger partial charge is 0.370 e. The van der Waals surface area contributed by atoms with Crippen molar-refractivity contribution in [3.63, 3.8) is 0 Å². The molecule has 0 aromatic carbocycles. The number of carbonyl (C=O) groups excluding carboxylic acids is 1. The van der Waals surface area contributed by atoms with Crippen molar-refractivity contribution in [2.75, 3.05) is 24.7 Å². The van der Waals surface area contributed by atoms with Gasteiger partial charge in [0.2, 0.25) is 0 Å². The molecule has 1 saturated heterocycles. The van der Waals surface area contributed by atoms with Crippen molar-refractivity contribution < 1.29 is 22.7 Å². The van der Waals surface area contributed by atoms with Crippen LogP contribution < -0.4 is 4.90 Å². The topological polar surface area (TPSA) is 55.3 Å². The third-order valence-electron chi connectivity index (χ3n) is 4.67. The van der Waals surface area contributed by atoms with Crippen LogP contribution in [0.15, 0.2) is 36.0 Å². The normalized spacial score (nSPS) is 17.5. The third-order valence-corrected chi connectivity index (χ3v) is 4.67. The third kappa shape index (κ3) is 3.21. The lowest BCUT2D eigenvalue weighted by Gasteiger charge is -2.26. The molecule has 5 nitrogen and oxygen atoms in total. The second-order valence-electron chi connectivity index (χ2n) is 6.53. The van der Waals surface area contributed by atoms with Gasteiger partial charge < -0.3 is 4.74 Å². The number of rotatable bonds is 2. The van der Waals surface area contributed by atoms with Crippen LogP contribution in [0.3, 0.4) is 0 Å². The molecule has 0 N–H and O–H groups in total. The maximum absolute atomic E-state index is 13.4. The van der Waals surface area contributed by atoms with Gasteiger partial charge in [0.05, 0.1) is 30.1 Å². The number of hydrogen-bond donors (Lipinski definition) is 0. The van der Waals surface area contributed by atoms with Gasteiger partial charge in [-0.2, -0.15) is 13.2 Å². The molecule has 1 aliphatic heterocycles. The van der Waals surface area contributed by atoms with Crippen LogP contribution in [0, 0.1) is 0 Å². The zero-order valence-corrected chi connectivity index (χ0v) is 14.5. The van der Waals surface area contributed by atoms with Gasteiger partial charge in [-0.1, -0.05) is 11.6 Å². The van der Waals surface area contributed by atoms with Crippen molar-refractivity contribution in [2.24, 2.45) is 0 Å². The number of amides is 1. The predicted molar refractivity (Wildman–Crippen MR) is 93.0 cm³/mol. The van der Waals surface area contributed by atoms with E-state index < -0.39 is 11.7 Å². The number of anilines is 1. The minimum Gasteiger partial charge on any atom is -0.370 e. The van der Waals surface area contributed by atoms with Crippen LogP contribution in [0.4, 0.5) is 19.0 Å². The van der Waals surface area contributed by atoms with Crippen LogP contribution in [0.5, 0.6) is 0 Å². The summed E-state index contributed by atoms with van der Waals surface area (Å²) in [5.74, 6) is 0.250. The number of hydrogen-bond acceptors (Lipinski definition) is 4. The maximum atomic E-state index is 13.4. The molecular formula is C19H16F3N3O2. The standard InChI is InChI=1S/C19H16F3N3O2/c1-11-7-15-13(18(11)19(20,21)22)8-12(9-23-15)14-3-2-4-16(24-14)25-5-6-27-10-17(25)26/h2-4,8-9H,5-7,10H2,1H3. The molecule has 2 aliphatic rings. The molecule has 4 rings (SSSR count). The van der Waals surface area contributed by atoms with Gasteiger partial charge in [-0.05, 0) is 25.1 Å². The number of nitrogens with zero attached hydrogens (tertiary/aromatic N) is 3. The number of carbonyl (C=O) groups is 1. The Morgan fingerprint density at radius 1 is 1.26 bits per heavy atom. The van der Waals surface area contributed by atoms with Gasteiger partial charge in [0.25, 0.3) is 5.91 Å². The quantitative estimate of drug-likeness (QED) is 0.807. The lowest BCUT2D eigenvalue weighted by Crippen LogP contribution is -2.42. The molecule has 0 radical (unpaired) electrons. The van der Waals surface area contributed by atoms with Crippen LogP contribution >= 0.6 is 0 Å². The summed E-state index contributed by atoms with van der Waals surface area (Å²) in [7, 11) is 0. The summed E-state index contributed by atoms with van der Waals surface area (Å²) in [5, 5.41) is 0. The fourth-order valence-electron chi connectivity index (χ4n) is 3.45. The summed E-state index contributed by atoms with van der Waals surface area (Å²) in [6, 6.07) is 6.59. The van der Waals surface area contributed by atoms with E-state index >= 15 is 0 Å². The van der Waals surface area contributed by atoms with Crippen molar-refractivity contribution in [1.82, 2.24) is 9.97 Å². The number of allylic oxidation sites excluding steroid dienone is 2. The molecule has 3 heterocycles. The minimum atomic E-state index is -4.43. The van der Waals surface area contributed by atoms with Crippen molar-refractivity contribution in [2.45, 2.75) is 19.5 Å². The first-order chi connectivity index (χ1) is 12.8. The number of alkyl halides is 3. The predicted octanol–water partition coefficient (Wildman–Crippen LogP) is 3.40. The molecule has 1 amide bonds. The molecule has 2 aromatic rings. The fraction of sp³-hybridized carbons (Fsp3) is 0.316. The first-order valence-electron chi connectivity index (χ1n) is 8.46. The van der Waals surface area contributed by atoms with E-state index in [-0.39, 0.29) is 30.1 Å². The van der Waals surface area contributed by atoms with Crippen molar-refractivity contribution in [3.8, 4) is 11.3 Å². The van der Waals surface area contributed by atoms with Crippen LogP contribution in [0.1, 0.15) is 18.2 Å². The van der Waals surface area contributed by atoms with Crippen LogP contribution in [-0.4, -0.2) is 41.8 Å². The average molecular weight is 375 g/mol. The highest BCUT2D eigenvalue weighted by Crippen LogP contribution is 2.43. The van der Waals surface area contributed by atoms with Crippen LogP contribution in [-0.2, 0) is 16.0 Å². The van der Waals surface area contributed by atoms with Crippen LogP contribution in [0.2, 0.25) is 0 Å². The summed E-state index contributed by atoms with van der Waals surface area (Å²) in [6.45, 7) is 2.27. The Kier molecular flexibility index (Phi) is 4.22. The van der Waals surface area contributed by atoms with Crippen LogP contribution in [0.25, 0.3) is 16.8 Å². The Bertz CT molecular complexity index is 953. The van der Waals surface area contributed by atoms with E-state index in [1.165, 1.54) is 24.1 Å². The number of ether oxygens (including phenoxy) is 1.